The third-order valence-electron chi connectivity index (χ3n) is 0.741. The van der Waals surface area contributed by atoms with Gasteiger partial charge in [0, 0.05) is 12.7 Å². The van der Waals surface area contributed by atoms with Crippen molar-refractivity contribution in [2.24, 2.45) is 5.73 Å². The molecule has 1 unspecified atom stereocenters. The summed E-state index contributed by atoms with van der Waals surface area (Å²) >= 11 is 3.73. The van der Waals surface area contributed by atoms with E-state index in [1.807, 2.05) is 0 Å². The number of rotatable bonds is 2. The lowest BCUT2D eigenvalue weighted by atomic mass is 10.4. The van der Waals surface area contributed by atoms with Gasteiger partial charge in [-0.1, -0.05) is 0 Å². The summed E-state index contributed by atoms with van der Waals surface area (Å²) < 4.78 is 0. The number of hydrogen-bond donors (Lipinski definition) is 2. The van der Waals surface area contributed by atoms with Gasteiger partial charge in [0.1, 0.15) is 6.04 Å². The highest BCUT2D eigenvalue weighted by Crippen LogP contribution is 1.89. The van der Waals surface area contributed by atoms with Crippen molar-refractivity contribution >= 4 is 37.0 Å². The van der Waals surface area contributed by atoms with Gasteiger partial charge in [0.15, 0.2) is 0 Å². The fourth-order valence-electron chi connectivity index (χ4n) is 0.236. The van der Waals surface area contributed by atoms with Crippen LogP contribution in [-0.4, -0.2) is 23.7 Å². The molecule has 1 atom stereocenters. The summed E-state index contributed by atoms with van der Waals surface area (Å²) in [5.74, 6) is -1.37. The van der Waals surface area contributed by atoms with Crippen molar-refractivity contribution in [3.8, 4) is 0 Å². The van der Waals surface area contributed by atoms with E-state index in [1.54, 1.807) is 0 Å². The summed E-state index contributed by atoms with van der Waals surface area (Å²) in [7, 11) is 0. The highest BCUT2D eigenvalue weighted by atomic mass is 35.5. The molecule has 0 aromatic rings. The summed E-state index contributed by atoms with van der Waals surface area (Å²) in [6.07, 6.45) is 0. The second kappa shape index (κ2) is 7.20. The third-order valence-corrected chi connectivity index (χ3v) is 1.13. The van der Waals surface area contributed by atoms with Gasteiger partial charge in [-0.3, -0.25) is 0 Å². The Hall–Kier alpha value is -0.460. The molecule has 2 N–H and O–H groups in total. The zero-order chi connectivity index (χ0) is 8.85. The summed E-state index contributed by atoms with van der Waals surface area (Å²) in [4.78, 5) is 28.6. The molecule has 0 radical (unpaired) electrons. The predicted molar refractivity (Wildman–Crippen MR) is 46.9 cm³/mol. The Morgan fingerprint density at radius 2 is 2.00 bits per heavy atom. The summed E-state index contributed by atoms with van der Waals surface area (Å²) in [5, 5.41) is 0. The largest absolute Gasteiger partial charge is 0.372 e. The van der Waals surface area contributed by atoms with E-state index in [9.17, 15) is 9.59 Å². The van der Waals surface area contributed by atoms with E-state index >= 15 is 0 Å². The van der Waals surface area contributed by atoms with Crippen LogP contribution in [0, 0.1) is 0 Å². The van der Waals surface area contributed by atoms with Gasteiger partial charge in [0.05, 0.1) is 0 Å². The molecule has 0 bridgehead atoms. The molecule has 72 valence electrons. The fourth-order valence-corrected chi connectivity index (χ4v) is 0.385. The first-order valence-electron chi connectivity index (χ1n) is 2.83. The van der Waals surface area contributed by atoms with E-state index in [-0.39, 0.29) is 18.2 Å². The van der Waals surface area contributed by atoms with Crippen LogP contribution >= 0.6 is 25.0 Å². The molecule has 12 heavy (non-hydrogen) atoms. The minimum Gasteiger partial charge on any atom is -0.318 e. The van der Waals surface area contributed by atoms with Gasteiger partial charge in [-0.15, -0.1) is 12.4 Å². The van der Waals surface area contributed by atoms with Crippen molar-refractivity contribution in [2.75, 3.05) is 5.75 Å². The van der Waals surface area contributed by atoms with Crippen molar-refractivity contribution in [3.63, 3.8) is 0 Å². The average Bonchev–Trinajstić information content (AvgIpc) is 1.98. The Labute approximate surface area is 81.3 Å². The Morgan fingerprint density at radius 3 is 2.33 bits per heavy atom. The molecule has 0 rings (SSSR count). The topological polar surface area (TPSA) is 78.6 Å². The molecule has 0 saturated carbocycles. The number of thiol groups is 1. The summed E-state index contributed by atoms with van der Waals surface area (Å²) in [6, 6.07) is -0.863. The molecular weight excluding hydrogens is 206 g/mol. The van der Waals surface area contributed by atoms with Crippen LogP contribution in [0.1, 0.15) is 6.92 Å². The lowest BCUT2D eigenvalue weighted by molar-refractivity contribution is -0.257. The van der Waals surface area contributed by atoms with E-state index in [4.69, 9.17) is 5.73 Å². The van der Waals surface area contributed by atoms with Crippen LogP contribution in [0.25, 0.3) is 0 Å². The molecule has 7 heteroatoms. The zero-order valence-corrected chi connectivity index (χ0v) is 8.06. The highest BCUT2D eigenvalue weighted by molar-refractivity contribution is 7.80. The van der Waals surface area contributed by atoms with Gasteiger partial charge in [0.2, 0.25) is 0 Å². The molecule has 0 aliphatic rings. The van der Waals surface area contributed by atoms with Gasteiger partial charge in [-0.25, -0.2) is 19.4 Å². The van der Waals surface area contributed by atoms with Gasteiger partial charge >= 0.3 is 11.9 Å². The standard InChI is InChI=1S/C5H9NO4S.ClH/c1-3(7)9-10-5(8)4(6)2-11;/h4,11H,2,6H2,1H3;1H. The van der Waals surface area contributed by atoms with Crippen LogP contribution in [0.15, 0.2) is 0 Å². The fraction of sp³-hybridized carbons (Fsp3) is 0.600. The van der Waals surface area contributed by atoms with Crippen molar-refractivity contribution in [1.82, 2.24) is 0 Å². The molecule has 0 amide bonds. The molecular formula is C5H10ClNO4S. The van der Waals surface area contributed by atoms with Crippen LogP contribution in [-0.2, 0) is 19.4 Å². The van der Waals surface area contributed by atoms with E-state index in [0.29, 0.717) is 0 Å². The van der Waals surface area contributed by atoms with Crippen LogP contribution in [0.2, 0.25) is 0 Å². The Morgan fingerprint density at radius 1 is 1.50 bits per heavy atom. The Kier molecular flexibility index (Phi) is 8.46. The lowest BCUT2D eigenvalue weighted by Crippen LogP contribution is -2.34. The Balaban J connectivity index is 0. The SMILES string of the molecule is CC(=O)OOC(=O)C(N)CS.Cl. The van der Waals surface area contributed by atoms with Crippen LogP contribution < -0.4 is 5.73 Å². The molecule has 0 aromatic heterocycles. The first-order chi connectivity index (χ1) is 5.07. The van der Waals surface area contributed by atoms with Crippen LogP contribution in [0.3, 0.4) is 0 Å². The first-order valence-corrected chi connectivity index (χ1v) is 3.46. The zero-order valence-electron chi connectivity index (χ0n) is 6.35. The minimum absolute atomic E-state index is 0. The second-order valence-corrected chi connectivity index (χ2v) is 2.13. The molecule has 0 saturated heterocycles. The maximum Gasteiger partial charge on any atom is 0.372 e. The monoisotopic (exact) mass is 215 g/mol. The molecule has 0 heterocycles. The van der Waals surface area contributed by atoms with Gasteiger partial charge in [-0.05, 0) is 0 Å². The molecule has 5 nitrogen and oxygen atoms in total. The highest BCUT2D eigenvalue weighted by Gasteiger charge is 2.15. The smallest absolute Gasteiger partial charge is 0.318 e. The third kappa shape index (κ3) is 6.26. The van der Waals surface area contributed by atoms with E-state index in [0.717, 1.165) is 6.92 Å². The molecule has 0 aliphatic heterocycles. The quantitative estimate of drug-likeness (QED) is 0.375. The molecule has 0 aliphatic carbocycles. The van der Waals surface area contributed by atoms with E-state index in [2.05, 4.69) is 22.4 Å². The number of hydrogen-bond acceptors (Lipinski definition) is 6. The lowest BCUT2D eigenvalue weighted by Gasteiger charge is -2.04. The predicted octanol–water partition coefficient (Wildman–Crippen LogP) is -0.313. The van der Waals surface area contributed by atoms with E-state index in [1.165, 1.54) is 0 Å². The Bertz CT molecular complexity index is 166. The molecule has 0 spiro atoms. The van der Waals surface area contributed by atoms with Crippen molar-refractivity contribution < 1.29 is 19.4 Å². The van der Waals surface area contributed by atoms with Gasteiger partial charge in [-0.2, -0.15) is 12.6 Å². The average molecular weight is 216 g/mol. The van der Waals surface area contributed by atoms with Crippen LogP contribution in [0.4, 0.5) is 0 Å². The van der Waals surface area contributed by atoms with Gasteiger partial charge in [0.25, 0.3) is 0 Å². The minimum atomic E-state index is -0.863. The molecule has 0 fully saturated rings. The normalized spacial score (nSPS) is 10.9. The number of carbonyl (C=O) groups is 2. The second-order valence-electron chi connectivity index (χ2n) is 1.77. The van der Waals surface area contributed by atoms with Crippen molar-refractivity contribution in [1.29, 1.82) is 0 Å². The summed E-state index contributed by atoms with van der Waals surface area (Å²) in [6.45, 7) is 1.11. The van der Waals surface area contributed by atoms with Crippen molar-refractivity contribution in [2.45, 2.75) is 13.0 Å². The maximum absolute atomic E-state index is 10.6. The van der Waals surface area contributed by atoms with E-state index < -0.39 is 18.0 Å². The maximum atomic E-state index is 10.6. The summed E-state index contributed by atoms with van der Waals surface area (Å²) in [5.41, 5.74) is 5.16. The first kappa shape index (κ1) is 14.1. The van der Waals surface area contributed by atoms with Crippen molar-refractivity contribution in [3.05, 3.63) is 0 Å². The van der Waals surface area contributed by atoms with Gasteiger partial charge < -0.3 is 5.73 Å². The number of halogens is 1. The molecule has 0 aromatic carbocycles. The number of nitrogens with two attached hydrogens (primary N) is 1. The number of carbonyl (C=O) groups excluding carboxylic acids is 2. The van der Waals surface area contributed by atoms with Crippen LogP contribution in [0.5, 0.6) is 0 Å².